The number of amides is 1. The van der Waals surface area contributed by atoms with E-state index in [1.807, 2.05) is 17.9 Å². The Labute approximate surface area is 160 Å². The number of carbonyl (C=O) groups excluding carboxylic acids is 1. The number of nitrogens with zero attached hydrogens (tertiary/aromatic N) is 2. The molecule has 1 aromatic heterocycles. The Bertz CT molecular complexity index is 1010. The summed E-state index contributed by atoms with van der Waals surface area (Å²) in [6, 6.07) is 9.78. The molecule has 2 aromatic carbocycles. The van der Waals surface area contributed by atoms with Gasteiger partial charge in [0.15, 0.2) is 11.6 Å². The van der Waals surface area contributed by atoms with Crippen LogP contribution in [-0.4, -0.2) is 15.7 Å². The number of benzene rings is 2. The Balaban J connectivity index is 1.44. The Kier molecular flexibility index (Phi) is 4.81. The first-order chi connectivity index (χ1) is 13.5. The molecule has 28 heavy (non-hydrogen) atoms. The Hall–Kier alpha value is -3.22. The molecule has 1 aliphatic rings. The zero-order valence-electron chi connectivity index (χ0n) is 15.3. The van der Waals surface area contributed by atoms with Crippen LogP contribution < -0.4 is 10.1 Å². The number of nitrogens with one attached hydrogen (secondary N) is 1. The first-order valence-corrected chi connectivity index (χ1v) is 9.06. The molecule has 3 aromatic rings. The van der Waals surface area contributed by atoms with E-state index in [9.17, 15) is 13.6 Å². The van der Waals surface area contributed by atoms with Crippen LogP contribution in [0.1, 0.15) is 40.5 Å². The number of aryl methyl sites for hydroxylation is 1. The van der Waals surface area contributed by atoms with Crippen LogP contribution in [0, 0.1) is 11.6 Å². The molecule has 0 fully saturated rings. The second-order valence-electron chi connectivity index (χ2n) is 6.79. The van der Waals surface area contributed by atoms with E-state index in [0.29, 0.717) is 11.3 Å². The molecule has 0 saturated heterocycles. The fraction of sp³-hybridized carbons (Fsp3) is 0.238. The normalized spacial score (nSPS) is 15.8. The van der Waals surface area contributed by atoms with E-state index in [2.05, 4.69) is 10.4 Å². The van der Waals surface area contributed by atoms with E-state index < -0.39 is 11.6 Å². The van der Waals surface area contributed by atoms with Gasteiger partial charge in [-0.2, -0.15) is 5.10 Å². The van der Waals surface area contributed by atoms with Crippen molar-refractivity contribution in [2.75, 3.05) is 0 Å². The minimum Gasteiger partial charge on any atom is -0.457 e. The van der Waals surface area contributed by atoms with Crippen molar-refractivity contribution in [1.29, 1.82) is 0 Å². The van der Waals surface area contributed by atoms with Gasteiger partial charge < -0.3 is 10.1 Å². The molecule has 1 amide bonds. The van der Waals surface area contributed by atoms with Gasteiger partial charge in [-0.05, 0) is 55.7 Å². The van der Waals surface area contributed by atoms with Crippen LogP contribution in [0.25, 0.3) is 0 Å². The maximum atomic E-state index is 13.3. The second kappa shape index (κ2) is 7.42. The first kappa shape index (κ1) is 18.2. The molecule has 0 saturated carbocycles. The molecule has 1 N–H and O–H groups in total. The van der Waals surface area contributed by atoms with Crippen molar-refractivity contribution in [3.8, 4) is 11.5 Å². The SMILES string of the molecule is Cn1ncc2c1CCCC2NC(=O)c1ccc(Oc2ccc(F)c(F)c2)cc1. The van der Waals surface area contributed by atoms with E-state index in [4.69, 9.17) is 4.74 Å². The number of hydrogen-bond acceptors (Lipinski definition) is 3. The molecule has 0 aliphatic heterocycles. The van der Waals surface area contributed by atoms with Crippen molar-refractivity contribution in [2.24, 2.45) is 7.05 Å². The van der Waals surface area contributed by atoms with Crippen molar-refractivity contribution in [1.82, 2.24) is 15.1 Å². The fourth-order valence-electron chi connectivity index (χ4n) is 3.45. The van der Waals surface area contributed by atoms with E-state index in [0.717, 1.165) is 42.7 Å². The Morgan fingerprint density at radius 2 is 1.89 bits per heavy atom. The van der Waals surface area contributed by atoms with E-state index in [1.54, 1.807) is 24.3 Å². The summed E-state index contributed by atoms with van der Waals surface area (Å²) in [6.45, 7) is 0. The quantitative estimate of drug-likeness (QED) is 0.731. The number of aromatic nitrogens is 2. The lowest BCUT2D eigenvalue weighted by molar-refractivity contribution is 0.0932. The van der Waals surface area contributed by atoms with Crippen LogP contribution in [0.2, 0.25) is 0 Å². The van der Waals surface area contributed by atoms with Crippen molar-refractivity contribution in [3.63, 3.8) is 0 Å². The zero-order chi connectivity index (χ0) is 19.7. The maximum Gasteiger partial charge on any atom is 0.251 e. The molecule has 144 valence electrons. The lowest BCUT2D eigenvalue weighted by Crippen LogP contribution is -2.30. The molecular formula is C21H19F2N3O2. The highest BCUT2D eigenvalue weighted by Crippen LogP contribution is 2.29. The number of carbonyl (C=O) groups is 1. The minimum absolute atomic E-state index is 0.0527. The molecular weight excluding hydrogens is 364 g/mol. The Morgan fingerprint density at radius 3 is 2.64 bits per heavy atom. The van der Waals surface area contributed by atoms with Gasteiger partial charge in [-0.1, -0.05) is 0 Å². The molecule has 1 heterocycles. The summed E-state index contributed by atoms with van der Waals surface area (Å²) in [4.78, 5) is 12.6. The highest BCUT2D eigenvalue weighted by atomic mass is 19.2. The van der Waals surface area contributed by atoms with Gasteiger partial charge in [0.25, 0.3) is 5.91 Å². The van der Waals surface area contributed by atoms with Gasteiger partial charge in [0.1, 0.15) is 11.5 Å². The van der Waals surface area contributed by atoms with Gasteiger partial charge in [0.2, 0.25) is 0 Å². The monoisotopic (exact) mass is 383 g/mol. The highest BCUT2D eigenvalue weighted by Gasteiger charge is 2.25. The topological polar surface area (TPSA) is 56.2 Å². The summed E-state index contributed by atoms with van der Waals surface area (Å²) in [5.41, 5.74) is 2.72. The standard InChI is InChI=1S/C21H19F2N3O2/c1-26-20-4-2-3-19(16(20)12-24-26)25-21(27)13-5-7-14(8-6-13)28-15-9-10-17(22)18(23)11-15/h5-12,19H,2-4H2,1H3,(H,25,27). The van der Waals surface area contributed by atoms with Crippen LogP contribution in [0.5, 0.6) is 11.5 Å². The molecule has 7 heteroatoms. The third-order valence-corrected chi connectivity index (χ3v) is 4.92. The third-order valence-electron chi connectivity index (χ3n) is 4.92. The number of ether oxygens (including phenoxy) is 1. The van der Waals surface area contributed by atoms with Gasteiger partial charge in [0.05, 0.1) is 12.2 Å². The predicted octanol–water partition coefficient (Wildman–Crippen LogP) is 4.30. The minimum atomic E-state index is -0.976. The van der Waals surface area contributed by atoms with Gasteiger partial charge >= 0.3 is 0 Å². The number of hydrogen-bond donors (Lipinski definition) is 1. The zero-order valence-corrected chi connectivity index (χ0v) is 15.3. The summed E-state index contributed by atoms with van der Waals surface area (Å²) >= 11 is 0. The van der Waals surface area contributed by atoms with Crippen LogP contribution in [-0.2, 0) is 13.5 Å². The van der Waals surface area contributed by atoms with Crippen LogP contribution >= 0.6 is 0 Å². The largest absolute Gasteiger partial charge is 0.457 e. The molecule has 5 nitrogen and oxygen atoms in total. The second-order valence-corrected chi connectivity index (χ2v) is 6.79. The van der Waals surface area contributed by atoms with Gasteiger partial charge in [-0.25, -0.2) is 8.78 Å². The van der Waals surface area contributed by atoms with Crippen molar-refractivity contribution >= 4 is 5.91 Å². The highest BCUT2D eigenvalue weighted by molar-refractivity contribution is 5.94. The van der Waals surface area contributed by atoms with Gasteiger partial charge in [-0.15, -0.1) is 0 Å². The molecule has 0 spiro atoms. The average molecular weight is 383 g/mol. The summed E-state index contributed by atoms with van der Waals surface area (Å²) in [7, 11) is 1.91. The van der Waals surface area contributed by atoms with E-state index >= 15 is 0 Å². The maximum absolute atomic E-state index is 13.3. The summed E-state index contributed by atoms with van der Waals surface area (Å²) in [6.07, 6.45) is 4.66. The van der Waals surface area contributed by atoms with Crippen molar-refractivity contribution in [3.05, 3.63) is 77.1 Å². The summed E-state index contributed by atoms with van der Waals surface area (Å²) in [5.74, 6) is -1.48. The van der Waals surface area contributed by atoms with E-state index in [1.165, 1.54) is 6.07 Å². The molecule has 1 unspecified atom stereocenters. The van der Waals surface area contributed by atoms with Crippen LogP contribution in [0.15, 0.2) is 48.7 Å². The number of rotatable bonds is 4. The molecule has 4 rings (SSSR count). The van der Waals surface area contributed by atoms with Crippen molar-refractivity contribution < 1.29 is 18.3 Å². The van der Waals surface area contributed by atoms with Gasteiger partial charge in [-0.3, -0.25) is 9.48 Å². The first-order valence-electron chi connectivity index (χ1n) is 9.06. The van der Waals surface area contributed by atoms with E-state index in [-0.39, 0.29) is 17.7 Å². The van der Waals surface area contributed by atoms with Crippen LogP contribution in [0.3, 0.4) is 0 Å². The van der Waals surface area contributed by atoms with Crippen LogP contribution in [0.4, 0.5) is 8.78 Å². The fourth-order valence-corrected chi connectivity index (χ4v) is 3.45. The summed E-state index contributed by atoms with van der Waals surface area (Å²) < 4.78 is 33.6. The average Bonchev–Trinajstić information content (AvgIpc) is 3.07. The Morgan fingerprint density at radius 1 is 1.14 bits per heavy atom. The molecule has 0 radical (unpaired) electrons. The lowest BCUT2D eigenvalue weighted by Gasteiger charge is -2.23. The lowest BCUT2D eigenvalue weighted by atomic mass is 9.93. The number of fused-ring (bicyclic) bond motifs is 1. The summed E-state index contributed by atoms with van der Waals surface area (Å²) in [5, 5.41) is 7.35. The molecule has 1 atom stereocenters. The molecule has 1 aliphatic carbocycles. The smallest absolute Gasteiger partial charge is 0.251 e. The van der Waals surface area contributed by atoms with Gasteiger partial charge in [0, 0.05) is 29.9 Å². The third kappa shape index (κ3) is 3.60. The molecule has 0 bridgehead atoms. The van der Waals surface area contributed by atoms with Crippen molar-refractivity contribution in [2.45, 2.75) is 25.3 Å². The predicted molar refractivity (Wildman–Crippen MR) is 99.2 cm³/mol. The number of halogens is 2.